The molecule has 3 N–H and O–H groups in total. The normalized spacial score (nSPS) is 10.6. The number of anilines is 1. The lowest BCUT2D eigenvalue weighted by Crippen LogP contribution is -2.18. The molecule has 0 bridgehead atoms. The lowest BCUT2D eigenvalue weighted by Gasteiger charge is -2.12. The zero-order chi connectivity index (χ0) is 20.3. The first-order chi connectivity index (χ1) is 13.4. The molecule has 8 heteroatoms. The third kappa shape index (κ3) is 3.85. The minimum absolute atomic E-state index is 0.0106. The van der Waals surface area contributed by atoms with Crippen molar-refractivity contribution in [2.45, 2.75) is 0 Å². The van der Waals surface area contributed by atoms with Gasteiger partial charge in [0, 0.05) is 35.6 Å². The maximum atomic E-state index is 12.9. The fourth-order valence-electron chi connectivity index (χ4n) is 2.60. The molecule has 0 amide bonds. The van der Waals surface area contributed by atoms with Gasteiger partial charge in [-0.1, -0.05) is 11.6 Å². The molecule has 0 fully saturated rings. The molecule has 3 rings (SSSR count). The van der Waals surface area contributed by atoms with Crippen LogP contribution in [-0.4, -0.2) is 29.4 Å². The number of pyridine rings is 1. The van der Waals surface area contributed by atoms with E-state index in [1.54, 1.807) is 24.3 Å². The summed E-state index contributed by atoms with van der Waals surface area (Å²) in [5, 5.41) is 10.9. The zero-order valence-corrected chi connectivity index (χ0v) is 15.6. The van der Waals surface area contributed by atoms with Crippen molar-refractivity contribution in [3.63, 3.8) is 0 Å². The summed E-state index contributed by atoms with van der Waals surface area (Å²) in [6.45, 7) is -0.0526. The summed E-state index contributed by atoms with van der Waals surface area (Å²) in [4.78, 5) is 25.1. The summed E-state index contributed by atoms with van der Waals surface area (Å²) in [6, 6.07) is 12.1. The van der Waals surface area contributed by atoms with Crippen LogP contribution in [0.2, 0.25) is 5.02 Å². The van der Waals surface area contributed by atoms with E-state index in [2.05, 4.69) is 0 Å². The van der Waals surface area contributed by atoms with Gasteiger partial charge in [-0.3, -0.25) is 14.2 Å². The number of hydrogen-bond acceptors (Lipinski definition) is 6. The standard InChI is InChI=1S/C20H17ClN2O5/c1-27-11-28-16-8-7-15(20(26)18(16)22)19(25)12-2-9-17(24)23(10-12)14-5-3-13(21)4-6-14/h2-10,26H,11,22H2,1H3. The lowest BCUT2D eigenvalue weighted by atomic mass is 10.0. The lowest BCUT2D eigenvalue weighted by molar-refractivity contribution is 0.0515. The Morgan fingerprint density at radius 3 is 2.54 bits per heavy atom. The number of carbonyl (C=O) groups excluding carboxylic acids is 1. The highest BCUT2D eigenvalue weighted by atomic mass is 35.5. The monoisotopic (exact) mass is 400 g/mol. The van der Waals surface area contributed by atoms with Gasteiger partial charge in [0.1, 0.15) is 11.4 Å². The average molecular weight is 401 g/mol. The number of rotatable bonds is 6. The predicted octanol–water partition coefficient (Wildman–Crippen LogP) is 2.99. The maximum Gasteiger partial charge on any atom is 0.255 e. The van der Waals surface area contributed by atoms with Gasteiger partial charge in [0.15, 0.2) is 18.3 Å². The molecule has 1 heterocycles. The number of ketones is 1. The van der Waals surface area contributed by atoms with Gasteiger partial charge < -0.3 is 20.3 Å². The minimum Gasteiger partial charge on any atom is -0.505 e. The van der Waals surface area contributed by atoms with Crippen LogP contribution in [0.3, 0.4) is 0 Å². The molecule has 1 aromatic heterocycles. The quantitative estimate of drug-likeness (QED) is 0.285. The SMILES string of the molecule is COCOc1ccc(C(=O)c2ccc(=O)n(-c3ccc(Cl)cc3)c2)c(O)c1N. The minimum atomic E-state index is -0.495. The largest absolute Gasteiger partial charge is 0.505 e. The number of phenolic OH excluding ortho intramolecular Hbond substituents is 1. The number of benzene rings is 2. The van der Waals surface area contributed by atoms with Crippen molar-refractivity contribution >= 4 is 23.1 Å². The number of aromatic nitrogens is 1. The van der Waals surface area contributed by atoms with E-state index in [0.717, 1.165) is 0 Å². The van der Waals surface area contributed by atoms with Crippen LogP contribution in [-0.2, 0) is 4.74 Å². The fourth-order valence-corrected chi connectivity index (χ4v) is 2.73. The van der Waals surface area contributed by atoms with E-state index in [0.29, 0.717) is 10.7 Å². The number of carbonyl (C=O) groups is 1. The van der Waals surface area contributed by atoms with Gasteiger partial charge in [-0.15, -0.1) is 0 Å². The molecule has 0 saturated carbocycles. The topological polar surface area (TPSA) is 104 Å². The first-order valence-electron chi connectivity index (χ1n) is 8.19. The van der Waals surface area contributed by atoms with Crippen LogP contribution in [0.15, 0.2) is 59.5 Å². The number of phenols is 1. The third-order valence-electron chi connectivity index (χ3n) is 4.03. The first-order valence-corrected chi connectivity index (χ1v) is 8.56. The molecule has 3 aromatic rings. The van der Waals surface area contributed by atoms with Crippen molar-refractivity contribution in [1.29, 1.82) is 0 Å². The van der Waals surface area contributed by atoms with Crippen molar-refractivity contribution in [1.82, 2.24) is 4.57 Å². The Kier molecular flexibility index (Phi) is 5.67. The molecule has 28 heavy (non-hydrogen) atoms. The summed E-state index contributed by atoms with van der Waals surface area (Å²) in [5.74, 6) is -0.699. The molecule has 0 saturated heterocycles. The molecule has 0 aliphatic rings. The van der Waals surface area contributed by atoms with E-state index in [1.165, 1.54) is 42.1 Å². The van der Waals surface area contributed by atoms with Crippen molar-refractivity contribution < 1.29 is 19.4 Å². The second kappa shape index (κ2) is 8.16. The Morgan fingerprint density at radius 2 is 1.86 bits per heavy atom. The molecule has 0 radical (unpaired) electrons. The molecular formula is C20H17ClN2O5. The van der Waals surface area contributed by atoms with Crippen molar-refractivity contribution in [2.24, 2.45) is 0 Å². The van der Waals surface area contributed by atoms with Crippen molar-refractivity contribution in [3.05, 3.63) is 81.2 Å². The Hall–Kier alpha value is -3.29. The molecule has 2 aromatic carbocycles. The van der Waals surface area contributed by atoms with Crippen LogP contribution >= 0.6 is 11.6 Å². The van der Waals surface area contributed by atoms with E-state index in [-0.39, 0.29) is 34.9 Å². The molecule has 144 valence electrons. The van der Waals surface area contributed by atoms with Crippen molar-refractivity contribution in [3.8, 4) is 17.2 Å². The van der Waals surface area contributed by atoms with Gasteiger partial charge >= 0.3 is 0 Å². The third-order valence-corrected chi connectivity index (χ3v) is 4.28. The number of methoxy groups -OCH3 is 1. The van der Waals surface area contributed by atoms with Crippen LogP contribution in [0.1, 0.15) is 15.9 Å². The highest BCUT2D eigenvalue weighted by Crippen LogP contribution is 2.35. The predicted molar refractivity (Wildman–Crippen MR) is 106 cm³/mol. The van der Waals surface area contributed by atoms with E-state index >= 15 is 0 Å². The number of halogens is 1. The van der Waals surface area contributed by atoms with Gasteiger partial charge in [-0.2, -0.15) is 0 Å². The smallest absolute Gasteiger partial charge is 0.255 e. The Labute approximate surface area is 165 Å². The van der Waals surface area contributed by atoms with Crippen LogP contribution in [0.5, 0.6) is 11.5 Å². The summed E-state index contributed by atoms with van der Waals surface area (Å²) in [6.07, 6.45) is 1.40. The highest BCUT2D eigenvalue weighted by Gasteiger charge is 2.19. The van der Waals surface area contributed by atoms with E-state index < -0.39 is 11.5 Å². The molecular weight excluding hydrogens is 384 g/mol. The molecule has 0 spiro atoms. The van der Waals surface area contributed by atoms with Crippen LogP contribution in [0.25, 0.3) is 5.69 Å². The number of nitrogens with two attached hydrogens (primary N) is 1. The van der Waals surface area contributed by atoms with Crippen molar-refractivity contribution in [2.75, 3.05) is 19.6 Å². The van der Waals surface area contributed by atoms with Crippen LogP contribution in [0.4, 0.5) is 5.69 Å². The van der Waals surface area contributed by atoms with E-state index in [9.17, 15) is 14.7 Å². The second-order valence-corrected chi connectivity index (χ2v) is 6.29. The number of ether oxygens (including phenoxy) is 2. The van der Waals surface area contributed by atoms with Gasteiger partial charge in [0.25, 0.3) is 5.56 Å². The fraction of sp³-hybridized carbons (Fsp3) is 0.100. The molecule has 0 atom stereocenters. The van der Waals surface area contributed by atoms with E-state index in [4.69, 9.17) is 26.8 Å². The summed E-state index contributed by atoms with van der Waals surface area (Å²) in [7, 11) is 1.45. The Morgan fingerprint density at radius 1 is 1.14 bits per heavy atom. The number of aromatic hydroxyl groups is 1. The molecule has 0 aliphatic carbocycles. The van der Waals surface area contributed by atoms with E-state index in [1.807, 2.05) is 0 Å². The summed E-state index contributed by atoms with van der Waals surface area (Å²) >= 11 is 5.88. The Balaban J connectivity index is 1.99. The number of hydrogen-bond donors (Lipinski definition) is 2. The highest BCUT2D eigenvalue weighted by molar-refractivity contribution is 6.30. The second-order valence-electron chi connectivity index (χ2n) is 5.86. The average Bonchev–Trinajstić information content (AvgIpc) is 2.70. The Bertz CT molecular complexity index is 1080. The zero-order valence-electron chi connectivity index (χ0n) is 14.9. The number of nitrogen functional groups attached to an aromatic ring is 1. The maximum absolute atomic E-state index is 12.9. The molecule has 0 unspecified atom stereocenters. The first kappa shape index (κ1) is 19.5. The number of nitrogens with zero attached hydrogens (tertiary/aromatic N) is 1. The van der Waals surface area contributed by atoms with Gasteiger partial charge in [0.05, 0.1) is 5.56 Å². The summed E-state index contributed by atoms with van der Waals surface area (Å²) in [5.41, 5.74) is 6.20. The van der Waals surface area contributed by atoms with Crippen LogP contribution < -0.4 is 16.0 Å². The molecule has 0 aliphatic heterocycles. The van der Waals surface area contributed by atoms with Gasteiger partial charge in [-0.25, -0.2) is 0 Å². The van der Waals surface area contributed by atoms with Gasteiger partial charge in [0.2, 0.25) is 0 Å². The van der Waals surface area contributed by atoms with Gasteiger partial charge in [-0.05, 0) is 42.5 Å². The van der Waals surface area contributed by atoms with Crippen LogP contribution in [0, 0.1) is 0 Å². The molecule has 7 nitrogen and oxygen atoms in total. The summed E-state index contributed by atoms with van der Waals surface area (Å²) < 4.78 is 11.3.